The molecule has 0 spiro atoms. The maximum atomic E-state index is 12.5. The monoisotopic (exact) mass is 424 g/mol. The number of piperidine rings is 1. The van der Waals surface area contributed by atoms with Gasteiger partial charge in [0.15, 0.2) is 0 Å². The van der Waals surface area contributed by atoms with Gasteiger partial charge in [-0.1, -0.05) is 37.3 Å². The fourth-order valence-electron chi connectivity index (χ4n) is 3.86. The molecular formula is C25H32N2O4. The predicted molar refractivity (Wildman–Crippen MR) is 120 cm³/mol. The van der Waals surface area contributed by atoms with Crippen molar-refractivity contribution in [2.45, 2.75) is 51.7 Å². The molecule has 0 aromatic heterocycles. The zero-order valence-corrected chi connectivity index (χ0v) is 18.8. The molecule has 0 unspecified atom stereocenters. The van der Waals surface area contributed by atoms with E-state index in [1.165, 1.54) is 0 Å². The smallest absolute Gasteiger partial charge is 0.410 e. The lowest BCUT2D eigenvalue weighted by molar-refractivity contribution is 0.0171. The second-order valence-electron chi connectivity index (χ2n) is 8.81. The maximum absolute atomic E-state index is 12.5. The van der Waals surface area contributed by atoms with E-state index in [1.807, 2.05) is 51.1 Å². The van der Waals surface area contributed by atoms with Crippen molar-refractivity contribution in [2.24, 2.45) is 0 Å². The molecule has 0 bridgehead atoms. The van der Waals surface area contributed by atoms with Crippen LogP contribution >= 0.6 is 0 Å². The number of carbonyl (C=O) groups is 2. The van der Waals surface area contributed by atoms with Gasteiger partial charge in [0.1, 0.15) is 11.4 Å². The first-order valence-electron chi connectivity index (χ1n) is 10.9. The predicted octanol–water partition coefficient (Wildman–Crippen LogP) is 4.61. The van der Waals surface area contributed by atoms with Crippen LogP contribution in [0.25, 0.3) is 0 Å². The lowest BCUT2D eigenvalue weighted by Gasteiger charge is -2.39. The van der Waals surface area contributed by atoms with E-state index >= 15 is 0 Å². The first-order chi connectivity index (χ1) is 14.8. The quantitative estimate of drug-likeness (QED) is 0.561. The average molecular weight is 425 g/mol. The highest BCUT2D eigenvalue weighted by Gasteiger charge is 2.34. The fraction of sp³-hybridized carbons (Fsp3) is 0.440. The molecule has 0 aliphatic carbocycles. The molecule has 1 N–H and O–H groups in total. The SMILES string of the molecule is CCN[C@H]1CN(C(=O)OC(C)(C)C)CC[C@@H]1c1cccc(OC(=O)c2ccccc2)c1. The largest absolute Gasteiger partial charge is 0.444 e. The Bertz CT molecular complexity index is 892. The van der Waals surface area contributed by atoms with Crippen LogP contribution in [0.4, 0.5) is 4.79 Å². The van der Waals surface area contributed by atoms with Gasteiger partial charge in [0, 0.05) is 25.0 Å². The Morgan fingerprint density at radius 2 is 1.84 bits per heavy atom. The number of likely N-dealkylation sites (N-methyl/N-ethyl adjacent to an activating group) is 1. The number of amides is 1. The lowest BCUT2D eigenvalue weighted by atomic mass is 9.85. The molecule has 0 radical (unpaired) electrons. The van der Waals surface area contributed by atoms with E-state index in [0.717, 1.165) is 18.5 Å². The van der Waals surface area contributed by atoms with Crippen molar-refractivity contribution in [1.82, 2.24) is 10.2 Å². The zero-order chi connectivity index (χ0) is 22.4. The van der Waals surface area contributed by atoms with Gasteiger partial charge < -0.3 is 19.7 Å². The van der Waals surface area contributed by atoms with Crippen molar-refractivity contribution in [3.05, 3.63) is 65.7 Å². The minimum Gasteiger partial charge on any atom is -0.444 e. The maximum Gasteiger partial charge on any atom is 0.410 e. The van der Waals surface area contributed by atoms with Crippen LogP contribution in [0.1, 0.15) is 56.0 Å². The average Bonchev–Trinajstić information content (AvgIpc) is 2.73. The van der Waals surface area contributed by atoms with Gasteiger partial charge in [0.25, 0.3) is 0 Å². The summed E-state index contributed by atoms with van der Waals surface area (Å²) in [7, 11) is 0. The van der Waals surface area contributed by atoms with Crippen molar-refractivity contribution < 1.29 is 19.1 Å². The van der Waals surface area contributed by atoms with E-state index in [9.17, 15) is 9.59 Å². The Kier molecular flexibility index (Phi) is 7.33. The molecule has 6 nitrogen and oxygen atoms in total. The number of ether oxygens (including phenoxy) is 2. The third-order valence-electron chi connectivity index (χ3n) is 5.24. The van der Waals surface area contributed by atoms with E-state index in [1.54, 1.807) is 23.1 Å². The normalized spacial score (nSPS) is 19.0. The van der Waals surface area contributed by atoms with E-state index in [0.29, 0.717) is 24.4 Å². The summed E-state index contributed by atoms with van der Waals surface area (Å²) in [6.45, 7) is 9.68. The highest BCUT2D eigenvalue weighted by atomic mass is 16.6. The second-order valence-corrected chi connectivity index (χ2v) is 8.81. The first-order valence-corrected chi connectivity index (χ1v) is 10.9. The third kappa shape index (κ3) is 6.31. The summed E-state index contributed by atoms with van der Waals surface area (Å²) in [6, 6.07) is 16.7. The van der Waals surface area contributed by atoms with E-state index in [-0.39, 0.29) is 24.0 Å². The van der Waals surface area contributed by atoms with Crippen molar-refractivity contribution in [2.75, 3.05) is 19.6 Å². The number of hydrogen-bond acceptors (Lipinski definition) is 5. The molecule has 31 heavy (non-hydrogen) atoms. The number of likely N-dealkylation sites (tertiary alicyclic amines) is 1. The summed E-state index contributed by atoms with van der Waals surface area (Å²) in [5, 5.41) is 3.51. The highest BCUT2D eigenvalue weighted by molar-refractivity contribution is 5.90. The summed E-state index contributed by atoms with van der Waals surface area (Å²) in [5.41, 5.74) is 1.09. The van der Waals surface area contributed by atoms with Crippen molar-refractivity contribution >= 4 is 12.1 Å². The number of nitrogens with one attached hydrogen (secondary N) is 1. The van der Waals surface area contributed by atoms with Crippen LogP contribution in [0.3, 0.4) is 0 Å². The molecule has 2 aromatic carbocycles. The molecule has 6 heteroatoms. The molecule has 2 aromatic rings. The Labute approximate surface area is 184 Å². The zero-order valence-electron chi connectivity index (χ0n) is 18.8. The summed E-state index contributed by atoms with van der Waals surface area (Å²) in [6.07, 6.45) is 0.520. The second kappa shape index (κ2) is 9.96. The van der Waals surface area contributed by atoms with Crippen molar-refractivity contribution in [3.63, 3.8) is 0 Å². The molecule has 0 saturated carbocycles. The number of benzene rings is 2. The van der Waals surface area contributed by atoms with Crippen LogP contribution < -0.4 is 10.1 Å². The Hall–Kier alpha value is -2.86. The van der Waals surface area contributed by atoms with Gasteiger partial charge in [-0.05, 0) is 63.6 Å². The van der Waals surface area contributed by atoms with Gasteiger partial charge in [-0.25, -0.2) is 9.59 Å². The number of carbonyl (C=O) groups excluding carboxylic acids is 2. The Morgan fingerprint density at radius 3 is 2.52 bits per heavy atom. The van der Waals surface area contributed by atoms with Crippen LogP contribution in [-0.4, -0.2) is 48.2 Å². The molecular weight excluding hydrogens is 392 g/mol. The molecule has 166 valence electrons. The van der Waals surface area contributed by atoms with Gasteiger partial charge in [0.05, 0.1) is 5.56 Å². The van der Waals surface area contributed by atoms with E-state index < -0.39 is 5.60 Å². The number of nitrogens with zero attached hydrogens (tertiary/aromatic N) is 1. The van der Waals surface area contributed by atoms with Crippen molar-refractivity contribution in [3.8, 4) is 5.75 Å². The van der Waals surface area contributed by atoms with Crippen molar-refractivity contribution in [1.29, 1.82) is 0 Å². The Balaban J connectivity index is 1.72. The lowest BCUT2D eigenvalue weighted by Crippen LogP contribution is -2.52. The van der Waals surface area contributed by atoms with Crippen LogP contribution in [-0.2, 0) is 4.74 Å². The van der Waals surface area contributed by atoms with E-state index in [2.05, 4.69) is 18.3 Å². The molecule has 1 heterocycles. The number of esters is 1. The molecule has 1 amide bonds. The van der Waals surface area contributed by atoms with Crippen LogP contribution in [0.5, 0.6) is 5.75 Å². The Morgan fingerprint density at radius 1 is 1.10 bits per heavy atom. The van der Waals surface area contributed by atoms with E-state index in [4.69, 9.17) is 9.47 Å². The highest BCUT2D eigenvalue weighted by Crippen LogP contribution is 2.31. The molecule has 3 rings (SSSR count). The molecule has 1 saturated heterocycles. The van der Waals surface area contributed by atoms with Crippen LogP contribution in [0, 0.1) is 0 Å². The molecule has 1 aliphatic heterocycles. The number of rotatable bonds is 5. The standard InChI is InChI=1S/C25H32N2O4/c1-5-26-22-17-27(24(29)31-25(2,3)4)15-14-21(22)19-12-9-13-20(16-19)30-23(28)18-10-7-6-8-11-18/h6-13,16,21-22,26H,5,14-15,17H2,1-4H3/t21-,22+/m1/s1. The minimum absolute atomic E-state index is 0.0892. The summed E-state index contributed by atoms with van der Waals surface area (Å²) < 4.78 is 11.1. The minimum atomic E-state index is -0.515. The summed E-state index contributed by atoms with van der Waals surface area (Å²) in [5.74, 6) is 0.353. The molecule has 2 atom stereocenters. The van der Waals surface area contributed by atoms with Gasteiger partial charge in [0.2, 0.25) is 0 Å². The van der Waals surface area contributed by atoms with Gasteiger partial charge in [-0.2, -0.15) is 0 Å². The fourth-order valence-corrected chi connectivity index (χ4v) is 3.86. The van der Waals surface area contributed by atoms with Gasteiger partial charge in [-0.3, -0.25) is 0 Å². The molecule has 1 aliphatic rings. The summed E-state index contributed by atoms with van der Waals surface area (Å²) in [4.78, 5) is 26.7. The molecule has 1 fully saturated rings. The summed E-state index contributed by atoms with van der Waals surface area (Å²) >= 11 is 0. The van der Waals surface area contributed by atoms with Crippen LogP contribution in [0.2, 0.25) is 0 Å². The van der Waals surface area contributed by atoms with Crippen LogP contribution in [0.15, 0.2) is 54.6 Å². The third-order valence-corrected chi connectivity index (χ3v) is 5.24. The van der Waals surface area contributed by atoms with Gasteiger partial charge in [-0.15, -0.1) is 0 Å². The van der Waals surface area contributed by atoms with Gasteiger partial charge >= 0.3 is 12.1 Å². The topological polar surface area (TPSA) is 67.9 Å². The number of hydrogen-bond donors (Lipinski definition) is 1. The first kappa shape index (κ1) is 22.8.